The lowest BCUT2D eigenvalue weighted by Crippen LogP contribution is -2.26. The smallest absolute Gasteiger partial charge is 0.251 e. The van der Waals surface area contributed by atoms with Gasteiger partial charge < -0.3 is 15.7 Å². The van der Waals surface area contributed by atoms with Crippen molar-refractivity contribution in [2.45, 2.75) is 25.8 Å². The minimum absolute atomic E-state index is 0.0569. The lowest BCUT2D eigenvalue weighted by atomic mass is 10.0. The molecule has 1 unspecified atom stereocenters. The number of carbonyl (C=O) groups excluding carboxylic acids is 1. The summed E-state index contributed by atoms with van der Waals surface area (Å²) in [7, 11) is 0. The normalized spacial score (nSPS) is 11.7. The van der Waals surface area contributed by atoms with Crippen LogP contribution >= 0.6 is 0 Å². The third-order valence-corrected chi connectivity index (χ3v) is 3.71. The van der Waals surface area contributed by atoms with Crippen LogP contribution in [0.3, 0.4) is 0 Å². The van der Waals surface area contributed by atoms with Gasteiger partial charge >= 0.3 is 0 Å². The van der Waals surface area contributed by atoms with Gasteiger partial charge in [-0.15, -0.1) is 0 Å². The second kappa shape index (κ2) is 8.96. The molecule has 0 bridgehead atoms. The standard InChI is InChI=1S/C19H24N2O2/c1-2-17(13-15-7-4-3-5-8-15)21-18-10-6-9-16(14-18)19(23)20-11-12-22/h3-10,14,17,21-22H,2,11-13H2,1H3,(H,20,23). The molecule has 1 atom stereocenters. The third-order valence-electron chi connectivity index (χ3n) is 3.71. The van der Waals surface area contributed by atoms with Crippen molar-refractivity contribution in [3.63, 3.8) is 0 Å². The Morgan fingerprint density at radius 1 is 1.13 bits per heavy atom. The van der Waals surface area contributed by atoms with Crippen molar-refractivity contribution < 1.29 is 9.90 Å². The molecule has 23 heavy (non-hydrogen) atoms. The summed E-state index contributed by atoms with van der Waals surface area (Å²) in [5.41, 5.74) is 2.83. The van der Waals surface area contributed by atoms with E-state index < -0.39 is 0 Å². The summed E-state index contributed by atoms with van der Waals surface area (Å²) in [4.78, 5) is 12.0. The van der Waals surface area contributed by atoms with Gasteiger partial charge in [0.05, 0.1) is 6.61 Å². The summed E-state index contributed by atoms with van der Waals surface area (Å²) in [6.07, 6.45) is 1.94. The summed E-state index contributed by atoms with van der Waals surface area (Å²) < 4.78 is 0. The van der Waals surface area contributed by atoms with Gasteiger partial charge in [-0.05, 0) is 36.6 Å². The number of aliphatic hydroxyl groups is 1. The van der Waals surface area contributed by atoms with Crippen LogP contribution in [0, 0.1) is 0 Å². The average molecular weight is 312 g/mol. The molecular weight excluding hydrogens is 288 g/mol. The molecular formula is C19H24N2O2. The molecule has 2 aromatic carbocycles. The number of nitrogens with one attached hydrogen (secondary N) is 2. The fraction of sp³-hybridized carbons (Fsp3) is 0.316. The molecule has 4 heteroatoms. The van der Waals surface area contributed by atoms with E-state index in [1.807, 2.05) is 36.4 Å². The summed E-state index contributed by atoms with van der Waals surface area (Å²) in [5, 5.41) is 14.9. The molecule has 2 aromatic rings. The van der Waals surface area contributed by atoms with Crippen LogP contribution in [0.1, 0.15) is 29.3 Å². The monoisotopic (exact) mass is 312 g/mol. The van der Waals surface area contributed by atoms with E-state index >= 15 is 0 Å². The Morgan fingerprint density at radius 3 is 2.61 bits per heavy atom. The minimum Gasteiger partial charge on any atom is -0.395 e. The van der Waals surface area contributed by atoms with E-state index in [2.05, 4.69) is 29.7 Å². The molecule has 1 amide bonds. The summed E-state index contributed by atoms with van der Waals surface area (Å²) >= 11 is 0. The number of hydrogen-bond donors (Lipinski definition) is 3. The Hall–Kier alpha value is -2.33. The van der Waals surface area contributed by atoms with Crippen molar-refractivity contribution >= 4 is 11.6 Å². The van der Waals surface area contributed by atoms with Crippen molar-refractivity contribution in [3.05, 3.63) is 65.7 Å². The average Bonchev–Trinajstić information content (AvgIpc) is 2.60. The predicted octanol–water partition coefficient (Wildman–Crippen LogP) is 2.84. The molecule has 0 spiro atoms. The Bertz CT molecular complexity index is 614. The molecule has 4 nitrogen and oxygen atoms in total. The Morgan fingerprint density at radius 2 is 1.91 bits per heavy atom. The summed E-state index contributed by atoms with van der Waals surface area (Å²) in [6, 6.07) is 18.1. The first-order valence-corrected chi connectivity index (χ1v) is 8.02. The molecule has 2 rings (SSSR count). The zero-order chi connectivity index (χ0) is 16.5. The quantitative estimate of drug-likeness (QED) is 0.702. The van der Waals surface area contributed by atoms with Crippen molar-refractivity contribution in [1.82, 2.24) is 5.32 Å². The van der Waals surface area contributed by atoms with Crippen LogP contribution in [0.4, 0.5) is 5.69 Å². The van der Waals surface area contributed by atoms with Crippen LogP contribution in [0.5, 0.6) is 0 Å². The highest BCUT2D eigenvalue weighted by atomic mass is 16.3. The fourth-order valence-electron chi connectivity index (χ4n) is 2.45. The molecule has 0 aromatic heterocycles. The zero-order valence-electron chi connectivity index (χ0n) is 13.5. The number of hydrogen-bond acceptors (Lipinski definition) is 3. The van der Waals surface area contributed by atoms with Gasteiger partial charge in [-0.2, -0.15) is 0 Å². The van der Waals surface area contributed by atoms with Crippen LogP contribution < -0.4 is 10.6 Å². The number of amides is 1. The first-order valence-electron chi connectivity index (χ1n) is 8.02. The van der Waals surface area contributed by atoms with E-state index in [1.165, 1.54) is 5.56 Å². The predicted molar refractivity (Wildman–Crippen MR) is 93.7 cm³/mol. The Balaban J connectivity index is 2.01. The molecule has 0 radical (unpaired) electrons. The molecule has 0 heterocycles. The van der Waals surface area contributed by atoms with Crippen LogP contribution in [0.2, 0.25) is 0 Å². The Kier molecular flexibility index (Phi) is 6.63. The third kappa shape index (κ3) is 5.42. The number of rotatable bonds is 8. The lowest BCUT2D eigenvalue weighted by molar-refractivity contribution is 0.0945. The van der Waals surface area contributed by atoms with Crippen molar-refractivity contribution in [1.29, 1.82) is 0 Å². The highest BCUT2D eigenvalue weighted by Crippen LogP contribution is 2.15. The maximum atomic E-state index is 12.0. The maximum Gasteiger partial charge on any atom is 0.251 e. The first kappa shape index (κ1) is 17.0. The van der Waals surface area contributed by atoms with Gasteiger partial charge in [0, 0.05) is 23.8 Å². The summed E-state index contributed by atoms with van der Waals surface area (Å²) in [6.45, 7) is 2.36. The summed E-state index contributed by atoms with van der Waals surface area (Å²) in [5.74, 6) is -0.168. The first-order chi connectivity index (χ1) is 11.2. The van der Waals surface area contributed by atoms with Crippen LogP contribution in [0.25, 0.3) is 0 Å². The molecule has 0 aliphatic carbocycles. The second-order valence-electron chi connectivity index (χ2n) is 5.50. The number of benzene rings is 2. The molecule has 122 valence electrons. The molecule has 0 saturated heterocycles. The lowest BCUT2D eigenvalue weighted by Gasteiger charge is -2.19. The zero-order valence-corrected chi connectivity index (χ0v) is 13.5. The minimum atomic E-state index is -0.168. The van der Waals surface area contributed by atoms with Gasteiger partial charge in [-0.25, -0.2) is 0 Å². The number of carbonyl (C=O) groups is 1. The van der Waals surface area contributed by atoms with E-state index in [9.17, 15) is 4.79 Å². The van der Waals surface area contributed by atoms with E-state index in [0.29, 0.717) is 11.6 Å². The molecule has 3 N–H and O–H groups in total. The van der Waals surface area contributed by atoms with Crippen molar-refractivity contribution in [2.24, 2.45) is 0 Å². The highest BCUT2D eigenvalue weighted by Gasteiger charge is 2.09. The number of anilines is 1. The molecule has 0 aliphatic heterocycles. The SMILES string of the molecule is CCC(Cc1ccccc1)Nc1cccc(C(=O)NCCO)c1. The van der Waals surface area contributed by atoms with Crippen molar-refractivity contribution in [2.75, 3.05) is 18.5 Å². The van der Waals surface area contributed by atoms with E-state index in [-0.39, 0.29) is 19.1 Å². The highest BCUT2D eigenvalue weighted by molar-refractivity contribution is 5.95. The van der Waals surface area contributed by atoms with E-state index in [4.69, 9.17) is 5.11 Å². The fourth-order valence-corrected chi connectivity index (χ4v) is 2.45. The number of aliphatic hydroxyl groups excluding tert-OH is 1. The molecule has 0 saturated carbocycles. The molecule has 0 fully saturated rings. The maximum absolute atomic E-state index is 12.0. The second-order valence-corrected chi connectivity index (χ2v) is 5.50. The van der Waals surface area contributed by atoms with Crippen LogP contribution in [-0.2, 0) is 6.42 Å². The van der Waals surface area contributed by atoms with Gasteiger partial charge in [0.15, 0.2) is 0 Å². The van der Waals surface area contributed by atoms with Gasteiger partial charge in [-0.3, -0.25) is 4.79 Å². The van der Waals surface area contributed by atoms with Crippen LogP contribution in [0.15, 0.2) is 54.6 Å². The van der Waals surface area contributed by atoms with E-state index in [0.717, 1.165) is 18.5 Å². The van der Waals surface area contributed by atoms with Gasteiger partial charge in [0.25, 0.3) is 5.91 Å². The topological polar surface area (TPSA) is 61.4 Å². The van der Waals surface area contributed by atoms with Gasteiger partial charge in [0.2, 0.25) is 0 Å². The largest absolute Gasteiger partial charge is 0.395 e. The van der Waals surface area contributed by atoms with Gasteiger partial charge in [0.1, 0.15) is 0 Å². The Labute approximate surface area is 137 Å². The van der Waals surface area contributed by atoms with E-state index in [1.54, 1.807) is 6.07 Å². The van der Waals surface area contributed by atoms with Gasteiger partial charge in [-0.1, -0.05) is 43.3 Å². The van der Waals surface area contributed by atoms with Crippen LogP contribution in [-0.4, -0.2) is 30.2 Å². The van der Waals surface area contributed by atoms with Crippen molar-refractivity contribution in [3.8, 4) is 0 Å². The molecule has 0 aliphatic rings.